The van der Waals surface area contributed by atoms with Crippen LogP contribution in [0, 0.1) is 0 Å². The minimum Gasteiger partial charge on any atom is -0.367 e. The van der Waals surface area contributed by atoms with Gasteiger partial charge in [-0.15, -0.1) is 0 Å². The first-order valence-corrected chi connectivity index (χ1v) is 6.48. The van der Waals surface area contributed by atoms with Gasteiger partial charge >= 0.3 is 0 Å². The number of rotatable bonds is 5. The van der Waals surface area contributed by atoms with Crippen molar-refractivity contribution in [2.75, 3.05) is 6.61 Å². The van der Waals surface area contributed by atoms with E-state index in [0.717, 1.165) is 31.2 Å². The Balaban J connectivity index is 2.07. The summed E-state index contributed by atoms with van der Waals surface area (Å²) in [6.07, 6.45) is 4.51. The van der Waals surface area contributed by atoms with Crippen LogP contribution in [0.1, 0.15) is 38.2 Å². The van der Waals surface area contributed by atoms with Gasteiger partial charge in [-0.05, 0) is 38.2 Å². The largest absolute Gasteiger partial charge is 0.367 e. The van der Waals surface area contributed by atoms with Crippen molar-refractivity contribution in [1.82, 2.24) is 0 Å². The molecule has 0 bridgehead atoms. The molecule has 2 rings (SSSR count). The maximum Gasteiger partial charge on any atom is 0.168 e. The van der Waals surface area contributed by atoms with Gasteiger partial charge in [0.15, 0.2) is 5.78 Å². The molecule has 1 aliphatic carbocycles. The van der Waals surface area contributed by atoms with Crippen LogP contribution >= 0.6 is 0 Å². The van der Waals surface area contributed by atoms with Gasteiger partial charge in [0.05, 0.1) is 0 Å². The summed E-state index contributed by atoms with van der Waals surface area (Å²) in [5.41, 5.74) is 0.605. The Morgan fingerprint density at radius 2 is 1.88 bits per heavy atom. The molecule has 17 heavy (non-hydrogen) atoms. The second-order valence-electron chi connectivity index (χ2n) is 4.72. The zero-order chi connectivity index (χ0) is 12.1. The van der Waals surface area contributed by atoms with Crippen LogP contribution in [-0.2, 0) is 16.0 Å². The number of carbonyl (C=O) groups excluding carboxylic acids is 1. The summed E-state index contributed by atoms with van der Waals surface area (Å²) in [5.74, 6) is 0.253. The molecule has 2 heteroatoms. The van der Waals surface area contributed by atoms with Crippen LogP contribution in [0.4, 0.5) is 0 Å². The Bertz CT molecular complexity index is 364. The van der Waals surface area contributed by atoms with E-state index in [-0.39, 0.29) is 5.78 Å². The SMILES string of the molecule is CCOC1(C(=O)Cc2ccccc2)CCCC1. The first-order valence-electron chi connectivity index (χ1n) is 6.48. The second-order valence-corrected chi connectivity index (χ2v) is 4.72. The zero-order valence-corrected chi connectivity index (χ0v) is 10.4. The lowest BCUT2D eigenvalue weighted by Crippen LogP contribution is -2.40. The monoisotopic (exact) mass is 232 g/mol. The van der Waals surface area contributed by atoms with Gasteiger partial charge in [-0.2, -0.15) is 0 Å². The van der Waals surface area contributed by atoms with E-state index in [4.69, 9.17) is 4.74 Å². The molecule has 0 N–H and O–H groups in total. The Kier molecular flexibility index (Phi) is 3.95. The molecule has 92 valence electrons. The van der Waals surface area contributed by atoms with E-state index in [1.54, 1.807) is 0 Å². The first kappa shape index (κ1) is 12.3. The molecular formula is C15H20O2. The molecule has 0 radical (unpaired) electrons. The molecule has 1 fully saturated rings. The minimum absolute atomic E-state index is 0.253. The molecule has 1 aromatic carbocycles. The van der Waals surface area contributed by atoms with Crippen LogP contribution in [0.2, 0.25) is 0 Å². The van der Waals surface area contributed by atoms with E-state index in [2.05, 4.69) is 0 Å². The van der Waals surface area contributed by atoms with Gasteiger partial charge in [-0.1, -0.05) is 30.3 Å². The van der Waals surface area contributed by atoms with Crippen molar-refractivity contribution in [2.45, 2.75) is 44.6 Å². The summed E-state index contributed by atoms with van der Waals surface area (Å²) in [7, 11) is 0. The highest BCUT2D eigenvalue weighted by Gasteiger charge is 2.41. The number of ketones is 1. The van der Waals surface area contributed by atoms with Crippen LogP contribution in [0.3, 0.4) is 0 Å². The van der Waals surface area contributed by atoms with Gasteiger partial charge in [-0.3, -0.25) is 4.79 Å². The van der Waals surface area contributed by atoms with Crippen molar-refractivity contribution >= 4 is 5.78 Å². The smallest absolute Gasteiger partial charge is 0.168 e. The molecule has 0 spiro atoms. The van der Waals surface area contributed by atoms with Gasteiger partial charge in [0.25, 0.3) is 0 Å². The minimum atomic E-state index is -0.482. The molecule has 0 saturated heterocycles. The molecule has 0 aromatic heterocycles. The third kappa shape index (κ3) is 2.75. The normalized spacial score (nSPS) is 18.2. The van der Waals surface area contributed by atoms with Crippen LogP contribution < -0.4 is 0 Å². The molecular weight excluding hydrogens is 212 g/mol. The average Bonchev–Trinajstić information content (AvgIpc) is 2.81. The molecule has 0 heterocycles. The Morgan fingerprint density at radius 3 is 2.47 bits per heavy atom. The van der Waals surface area contributed by atoms with Crippen LogP contribution in [0.25, 0.3) is 0 Å². The predicted octanol–water partition coefficient (Wildman–Crippen LogP) is 3.15. The topological polar surface area (TPSA) is 26.3 Å². The summed E-state index contributed by atoms with van der Waals surface area (Å²) >= 11 is 0. The third-order valence-electron chi connectivity index (χ3n) is 3.55. The van der Waals surface area contributed by atoms with Gasteiger partial charge in [0, 0.05) is 13.0 Å². The number of benzene rings is 1. The lowest BCUT2D eigenvalue weighted by atomic mass is 9.91. The van der Waals surface area contributed by atoms with Crippen molar-refractivity contribution in [2.24, 2.45) is 0 Å². The van der Waals surface area contributed by atoms with Crippen molar-refractivity contribution in [1.29, 1.82) is 0 Å². The fourth-order valence-electron chi connectivity index (χ4n) is 2.67. The van der Waals surface area contributed by atoms with E-state index in [1.807, 2.05) is 37.3 Å². The summed E-state index contributed by atoms with van der Waals surface area (Å²) in [6.45, 7) is 2.59. The maximum atomic E-state index is 12.4. The second kappa shape index (κ2) is 5.46. The first-order chi connectivity index (χ1) is 8.27. The lowest BCUT2D eigenvalue weighted by molar-refractivity contribution is -0.142. The third-order valence-corrected chi connectivity index (χ3v) is 3.55. The zero-order valence-electron chi connectivity index (χ0n) is 10.4. The van der Waals surface area contributed by atoms with Crippen LogP contribution in [-0.4, -0.2) is 18.0 Å². The highest BCUT2D eigenvalue weighted by Crippen LogP contribution is 2.34. The summed E-state index contributed by atoms with van der Waals surface area (Å²) < 4.78 is 5.77. The molecule has 0 atom stereocenters. The molecule has 1 saturated carbocycles. The van der Waals surface area contributed by atoms with Crippen LogP contribution in [0.15, 0.2) is 30.3 Å². The fourth-order valence-corrected chi connectivity index (χ4v) is 2.67. The standard InChI is InChI=1S/C15H20O2/c1-2-17-15(10-6-7-11-15)14(16)12-13-8-4-3-5-9-13/h3-5,8-9H,2,6-7,10-12H2,1H3. The van der Waals surface area contributed by atoms with Crippen molar-refractivity contribution in [3.63, 3.8) is 0 Å². The molecule has 0 amide bonds. The number of ether oxygens (including phenoxy) is 1. The van der Waals surface area contributed by atoms with E-state index in [9.17, 15) is 4.79 Å². The maximum absolute atomic E-state index is 12.4. The molecule has 0 unspecified atom stereocenters. The summed E-state index contributed by atoms with van der Waals surface area (Å²) in [6, 6.07) is 9.94. The highest BCUT2D eigenvalue weighted by molar-refractivity contribution is 5.89. The summed E-state index contributed by atoms with van der Waals surface area (Å²) in [4.78, 5) is 12.4. The Morgan fingerprint density at radius 1 is 1.24 bits per heavy atom. The lowest BCUT2D eigenvalue weighted by Gasteiger charge is -2.27. The predicted molar refractivity (Wildman–Crippen MR) is 68.0 cm³/mol. The van der Waals surface area contributed by atoms with E-state index in [0.29, 0.717) is 13.0 Å². The van der Waals surface area contributed by atoms with Gasteiger partial charge in [0.1, 0.15) is 5.60 Å². The molecule has 1 aromatic rings. The average molecular weight is 232 g/mol. The van der Waals surface area contributed by atoms with E-state index < -0.39 is 5.60 Å². The van der Waals surface area contributed by atoms with Crippen LogP contribution in [0.5, 0.6) is 0 Å². The Labute approximate surface area is 103 Å². The number of hydrogen-bond acceptors (Lipinski definition) is 2. The molecule has 1 aliphatic rings. The van der Waals surface area contributed by atoms with Gasteiger partial charge < -0.3 is 4.74 Å². The van der Waals surface area contributed by atoms with Crippen molar-refractivity contribution in [3.05, 3.63) is 35.9 Å². The fraction of sp³-hybridized carbons (Fsp3) is 0.533. The Hall–Kier alpha value is -1.15. The van der Waals surface area contributed by atoms with Gasteiger partial charge in [-0.25, -0.2) is 0 Å². The number of Topliss-reactive ketones (excluding diaryl/α,β-unsaturated/α-hetero) is 1. The summed E-state index contributed by atoms with van der Waals surface area (Å²) in [5, 5.41) is 0. The molecule has 0 aliphatic heterocycles. The number of hydrogen-bond donors (Lipinski definition) is 0. The van der Waals surface area contributed by atoms with E-state index in [1.165, 1.54) is 0 Å². The van der Waals surface area contributed by atoms with Crippen molar-refractivity contribution in [3.8, 4) is 0 Å². The van der Waals surface area contributed by atoms with Gasteiger partial charge in [0.2, 0.25) is 0 Å². The molecule has 2 nitrogen and oxygen atoms in total. The quantitative estimate of drug-likeness (QED) is 0.779. The number of carbonyl (C=O) groups is 1. The highest BCUT2D eigenvalue weighted by atomic mass is 16.5. The van der Waals surface area contributed by atoms with E-state index >= 15 is 0 Å². The van der Waals surface area contributed by atoms with Crippen molar-refractivity contribution < 1.29 is 9.53 Å².